The van der Waals surface area contributed by atoms with Crippen LogP contribution >= 0.6 is 34.9 Å². The molecule has 0 amide bonds. The van der Waals surface area contributed by atoms with Crippen molar-refractivity contribution in [3.8, 4) is 21.1 Å². The Morgan fingerprint density at radius 2 is 1.53 bits per heavy atom. The summed E-state index contributed by atoms with van der Waals surface area (Å²) in [6.45, 7) is 0. The van der Waals surface area contributed by atoms with Gasteiger partial charge in [0.25, 0.3) is 0 Å². The van der Waals surface area contributed by atoms with E-state index in [0.717, 1.165) is 37.9 Å². The van der Waals surface area contributed by atoms with Gasteiger partial charge in [-0.2, -0.15) is 0 Å². The van der Waals surface area contributed by atoms with Crippen LogP contribution in [0.5, 0.6) is 0 Å². The molecule has 2 N–H and O–H groups in total. The number of thiophene rings is 2. The summed E-state index contributed by atoms with van der Waals surface area (Å²) in [5, 5.41) is 11.6. The maximum absolute atomic E-state index is 5.55. The molecule has 4 nitrogen and oxygen atoms in total. The molecule has 0 radical (unpaired) electrons. The maximum atomic E-state index is 5.55. The van der Waals surface area contributed by atoms with E-state index < -0.39 is 0 Å². The van der Waals surface area contributed by atoms with Crippen LogP contribution in [0.3, 0.4) is 0 Å². The third kappa shape index (κ3) is 4.24. The van der Waals surface area contributed by atoms with E-state index >= 15 is 0 Å². The Morgan fingerprint density at radius 1 is 0.867 bits per heavy atom. The lowest BCUT2D eigenvalue weighted by Gasteiger charge is -2.24. The third-order valence-corrected chi connectivity index (χ3v) is 7.34. The average molecular weight is 451 g/mol. The van der Waals surface area contributed by atoms with E-state index in [9.17, 15) is 0 Å². The summed E-state index contributed by atoms with van der Waals surface area (Å²) in [5.41, 5.74) is 4.56. The Labute approximate surface area is 189 Å². The highest BCUT2D eigenvalue weighted by Gasteiger charge is 2.16. The summed E-state index contributed by atoms with van der Waals surface area (Å²) in [7, 11) is 0. The summed E-state index contributed by atoms with van der Waals surface area (Å²) in [6.07, 6.45) is 6.29. The van der Waals surface area contributed by atoms with Crippen molar-refractivity contribution in [2.75, 3.05) is 5.32 Å². The molecule has 0 atom stereocenters. The Morgan fingerprint density at radius 3 is 2.17 bits per heavy atom. The van der Waals surface area contributed by atoms with Crippen molar-refractivity contribution in [3.05, 3.63) is 53.2 Å². The molecule has 0 unspecified atom stereocenters. The number of hydrogen-bond acceptors (Lipinski definition) is 5. The first-order chi connectivity index (χ1) is 14.8. The standard InChI is InChI=1S/C23H22N4S3/c28-23(24-15-6-2-1-3-7-15)25-16-10-11-17-18(14-16)27-22(20-9-5-13-30-20)21(26-17)19-8-4-12-29-19/h4-5,8-15H,1-3,6-7H2,(H2,24,25,28). The third-order valence-electron chi connectivity index (χ3n) is 5.37. The van der Waals surface area contributed by atoms with Gasteiger partial charge in [-0.15, -0.1) is 22.7 Å². The van der Waals surface area contributed by atoms with Gasteiger partial charge in [0.1, 0.15) is 11.4 Å². The van der Waals surface area contributed by atoms with Gasteiger partial charge >= 0.3 is 0 Å². The smallest absolute Gasteiger partial charge is 0.170 e. The number of rotatable bonds is 4. The topological polar surface area (TPSA) is 49.8 Å². The highest BCUT2D eigenvalue weighted by Crippen LogP contribution is 2.35. The number of nitrogens with one attached hydrogen (secondary N) is 2. The lowest BCUT2D eigenvalue weighted by atomic mass is 9.96. The highest BCUT2D eigenvalue weighted by molar-refractivity contribution is 7.80. The van der Waals surface area contributed by atoms with Crippen molar-refractivity contribution in [3.63, 3.8) is 0 Å². The molecule has 7 heteroatoms. The monoisotopic (exact) mass is 450 g/mol. The van der Waals surface area contributed by atoms with Crippen LogP contribution in [0, 0.1) is 0 Å². The fourth-order valence-electron chi connectivity index (χ4n) is 3.90. The Hall–Kier alpha value is -2.35. The zero-order chi connectivity index (χ0) is 20.3. The van der Waals surface area contributed by atoms with Gasteiger partial charge in [-0.1, -0.05) is 31.4 Å². The molecule has 1 aromatic carbocycles. The van der Waals surface area contributed by atoms with Crippen LogP contribution in [-0.4, -0.2) is 21.1 Å². The van der Waals surface area contributed by atoms with Gasteiger partial charge in [-0.05, 0) is 66.2 Å². The van der Waals surface area contributed by atoms with Gasteiger partial charge in [0.2, 0.25) is 0 Å². The van der Waals surface area contributed by atoms with Crippen LogP contribution in [0.1, 0.15) is 32.1 Å². The number of nitrogens with zero attached hydrogens (tertiary/aromatic N) is 2. The number of thiocarbonyl (C=S) groups is 1. The second-order valence-corrected chi connectivity index (χ2v) is 9.82. The zero-order valence-corrected chi connectivity index (χ0v) is 18.9. The number of fused-ring (bicyclic) bond motifs is 1. The summed E-state index contributed by atoms with van der Waals surface area (Å²) in [5.74, 6) is 0. The zero-order valence-electron chi connectivity index (χ0n) is 16.4. The van der Waals surface area contributed by atoms with Crippen molar-refractivity contribution in [1.29, 1.82) is 0 Å². The molecule has 0 aliphatic heterocycles. The summed E-state index contributed by atoms with van der Waals surface area (Å²) < 4.78 is 0. The van der Waals surface area contributed by atoms with Gasteiger partial charge in [0, 0.05) is 11.7 Å². The first-order valence-corrected chi connectivity index (χ1v) is 12.4. The molecule has 1 aliphatic carbocycles. The molecule has 3 aromatic heterocycles. The van der Waals surface area contributed by atoms with Gasteiger partial charge in [0.05, 0.1) is 20.8 Å². The Bertz CT molecular complexity index is 1150. The van der Waals surface area contributed by atoms with E-state index in [0.29, 0.717) is 11.2 Å². The summed E-state index contributed by atoms with van der Waals surface area (Å²) in [6, 6.07) is 14.9. The molecule has 1 fully saturated rings. The molecule has 1 aliphatic rings. The van der Waals surface area contributed by atoms with E-state index in [1.165, 1.54) is 32.1 Å². The SMILES string of the molecule is S=C(Nc1ccc2nc(-c3cccs3)c(-c3cccs3)nc2c1)NC1CCCCC1. The van der Waals surface area contributed by atoms with Crippen LogP contribution in [0.25, 0.3) is 32.2 Å². The van der Waals surface area contributed by atoms with E-state index in [4.69, 9.17) is 22.2 Å². The Balaban J connectivity index is 1.45. The van der Waals surface area contributed by atoms with Crippen molar-refractivity contribution >= 4 is 56.7 Å². The molecule has 152 valence electrons. The largest absolute Gasteiger partial charge is 0.360 e. The molecular weight excluding hydrogens is 428 g/mol. The number of hydrogen-bond donors (Lipinski definition) is 2. The van der Waals surface area contributed by atoms with Gasteiger partial charge in [-0.25, -0.2) is 9.97 Å². The van der Waals surface area contributed by atoms with Gasteiger partial charge < -0.3 is 10.6 Å². The minimum absolute atomic E-state index is 0.484. The molecule has 0 bridgehead atoms. The fraction of sp³-hybridized carbons (Fsp3) is 0.261. The van der Waals surface area contributed by atoms with Crippen LogP contribution in [0.15, 0.2) is 53.2 Å². The molecule has 0 spiro atoms. The first kappa shape index (κ1) is 19.6. The Kier molecular flexibility index (Phi) is 5.75. The summed E-state index contributed by atoms with van der Waals surface area (Å²) >= 11 is 8.92. The van der Waals surface area contributed by atoms with E-state index in [-0.39, 0.29) is 0 Å². The second-order valence-electron chi connectivity index (χ2n) is 7.51. The van der Waals surface area contributed by atoms with Crippen LogP contribution in [0.4, 0.5) is 5.69 Å². The highest BCUT2D eigenvalue weighted by atomic mass is 32.1. The maximum Gasteiger partial charge on any atom is 0.170 e. The fourth-order valence-corrected chi connectivity index (χ4v) is 5.62. The number of anilines is 1. The summed E-state index contributed by atoms with van der Waals surface area (Å²) in [4.78, 5) is 12.2. The second kappa shape index (κ2) is 8.79. The van der Waals surface area contributed by atoms with Crippen molar-refractivity contribution < 1.29 is 0 Å². The van der Waals surface area contributed by atoms with E-state index in [2.05, 4.69) is 45.7 Å². The molecule has 1 saturated carbocycles. The van der Waals surface area contributed by atoms with Gasteiger partial charge in [0.15, 0.2) is 5.11 Å². The van der Waals surface area contributed by atoms with Crippen LogP contribution < -0.4 is 10.6 Å². The van der Waals surface area contributed by atoms with Crippen LogP contribution in [0.2, 0.25) is 0 Å². The minimum atomic E-state index is 0.484. The van der Waals surface area contributed by atoms with E-state index in [1.807, 2.05) is 18.2 Å². The molecule has 30 heavy (non-hydrogen) atoms. The van der Waals surface area contributed by atoms with Crippen LogP contribution in [-0.2, 0) is 0 Å². The van der Waals surface area contributed by atoms with Crippen molar-refractivity contribution in [2.45, 2.75) is 38.1 Å². The number of benzene rings is 1. The average Bonchev–Trinajstić information content (AvgIpc) is 3.48. The molecular formula is C23H22N4S3. The molecule has 4 aromatic rings. The molecule has 5 rings (SSSR count). The predicted octanol–water partition coefficient (Wildman–Crippen LogP) is 6.71. The van der Waals surface area contributed by atoms with Crippen molar-refractivity contribution in [1.82, 2.24) is 15.3 Å². The normalized spacial score (nSPS) is 14.7. The minimum Gasteiger partial charge on any atom is -0.360 e. The predicted molar refractivity (Wildman–Crippen MR) is 132 cm³/mol. The molecule has 3 heterocycles. The van der Waals surface area contributed by atoms with Gasteiger partial charge in [-0.3, -0.25) is 0 Å². The first-order valence-electron chi connectivity index (χ1n) is 10.2. The van der Waals surface area contributed by atoms with E-state index in [1.54, 1.807) is 22.7 Å². The molecule has 0 saturated heterocycles. The lowest BCUT2D eigenvalue weighted by molar-refractivity contribution is 0.415. The van der Waals surface area contributed by atoms with Crippen molar-refractivity contribution in [2.24, 2.45) is 0 Å². The quantitative estimate of drug-likeness (QED) is 0.339. The number of aromatic nitrogens is 2. The lowest BCUT2D eigenvalue weighted by Crippen LogP contribution is -2.38.